The minimum Gasteiger partial charge on any atom is -0.299 e. The lowest BCUT2D eigenvalue weighted by molar-refractivity contribution is -0.137. The van der Waals surface area contributed by atoms with Crippen LogP contribution in [0.3, 0.4) is 0 Å². The van der Waals surface area contributed by atoms with E-state index in [0.717, 1.165) is 6.26 Å². The molecule has 16 heavy (non-hydrogen) atoms. The Bertz CT molecular complexity index is 365. The van der Waals surface area contributed by atoms with Crippen molar-refractivity contribution in [3.05, 3.63) is 0 Å². The largest absolute Gasteiger partial charge is 0.299 e. The Kier molecular flexibility index (Phi) is 4.37. The molecule has 0 aliphatic heterocycles. The fourth-order valence-corrected chi connectivity index (χ4v) is 3.22. The molecule has 0 N–H and O–H groups in total. The minimum atomic E-state index is -3.53. The van der Waals surface area contributed by atoms with E-state index in [2.05, 4.69) is 0 Å². The van der Waals surface area contributed by atoms with E-state index in [1.165, 1.54) is 0 Å². The van der Waals surface area contributed by atoms with Crippen molar-refractivity contribution in [1.29, 1.82) is 0 Å². The van der Waals surface area contributed by atoms with Crippen LogP contribution in [0.25, 0.3) is 0 Å². The first-order chi connectivity index (χ1) is 7.29. The third-order valence-electron chi connectivity index (χ3n) is 3.12. The molecular formula is C10H17ClO4S. The van der Waals surface area contributed by atoms with Gasteiger partial charge in [0.05, 0.1) is 17.8 Å². The highest BCUT2D eigenvalue weighted by molar-refractivity contribution is 7.86. The maximum absolute atomic E-state index is 11.9. The summed E-state index contributed by atoms with van der Waals surface area (Å²) in [7, 11) is -3.53. The molecule has 1 saturated carbocycles. The summed E-state index contributed by atoms with van der Waals surface area (Å²) >= 11 is 5.67. The third-order valence-corrected chi connectivity index (χ3v) is 3.89. The minimum absolute atomic E-state index is 0.0491. The molecule has 1 aliphatic rings. The molecule has 0 aromatic heterocycles. The van der Waals surface area contributed by atoms with Gasteiger partial charge in [0.1, 0.15) is 5.78 Å². The Morgan fingerprint density at radius 3 is 2.69 bits per heavy atom. The monoisotopic (exact) mass is 268 g/mol. The average molecular weight is 269 g/mol. The number of ketones is 1. The van der Waals surface area contributed by atoms with E-state index in [-0.39, 0.29) is 5.78 Å². The van der Waals surface area contributed by atoms with Gasteiger partial charge in [-0.3, -0.25) is 8.98 Å². The Morgan fingerprint density at radius 2 is 2.19 bits per heavy atom. The van der Waals surface area contributed by atoms with Gasteiger partial charge in [-0.05, 0) is 19.3 Å². The molecule has 0 aromatic carbocycles. The summed E-state index contributed by atoms with van der Waals surface area (Å²) in [6, 6.07) is 0. The highest BCUT2D eigenvalue weighted by atomic mass is 35.5. The summed E-state index contributed by atoms with van der Waals surface area (Å²) < 4.78 is 27.3. The van der Waals surface area contributed by atoms with Crippen LogP contribution >= 0.6 is 11.6 Å². The van der Waals surface area contributed by atoms with Gasteiger partial charge in [-0.2, -0.15) is 8.42 Å². The molecule has 0 saturated heterocycles. The van der Waals surface area contributed by atoms with Crippen molar-refractivity contribution < 1.29 is 17.4 Å². The van der Waals surface area contributed by atoms with Crippen LogP contribution in [0.4, 0.5) is 0 Å². The van der Waals surface area contributed by atoms with E-state index in [1.807, 2.05) is 0 Å². The topological polar surface area (TPSA) is 60.4 Å². The Hall–Kier alpha value is -0.130. The molecule has 0 radical (unpaired) electrons. The second kappa shape index (κ2) is 5.02. The highest BCUT2D eigenvalue weighted by Crippen LogP contribution is 2.39. The zero-order valence-corrected chi connectivity index (χ0v) is 11.1. The Morgan fingerprint density at radius 1 is 1.56 bits per heavy atom. The van der Waals surface area contributed by atoms with Gasteiger partial charge in [-0.1, -0.05) is 6.92 Å². The molecule has 0 amide bonds. The third kappa shape index (κ3) is 3.18. The predicted octanol–water partition coefficient (Wildman–Crippen LogP) is 1.72. The fourth-order valence-electron chi connectivity index (χ4n) is 2.09. The van der Waals surface area contributed by atoms with Crippen LogP contribution < -0.4 is 0 Å². The SMILES string of the molecule is C[C@@]1(CCCl)C(=O)CCC[C@@H]1OS(C)(=O)=O. The first-order valence-corrected chi connectivity index (χ1v) is 7.62. The maximum atomic E-state index is 11.9. The summed E-state index contributed by atoms with van der Waals surface area (Å²) in [5.74, 6) is 0.374. The number of Topliss-reactive ketones (excluding diaryl/α,β-unsaturated/α-hetero) is 1. The van der Waals surface area contributed by atoms with E-state index >= 15 is 0 Å². The van der Waals surface area contributed by atoms with Gasteiger partial charge in [-0.25, -0.2) is 0 Å². The number of hydrogen-bond acceptors (Lipinski definition) is 4. The molecule has 94 valence electrons. The van der Waals surface area contributed by atoms with E-state index in [4.69, 9.17) is 15.8 Å². The van der Waals surface area contributed by atoms with Crippen molar-refractivity contribution in [2.75, 3.05) is 12.1 Å². The molecule has 0 spiro atoms. The molecule has 1 fully saturated rings. The zero-order chi connectivity index (χ0) is 12.4. The van der Waals surface area contributed by atoms with Crippen LogP contribution in [-0.4, -0.2) is 32.4 Å². The molecule has 0 unspecified atom stereocenters. The van der Waals surface area contributed by atoms with E-state index < -0.39 is 21.6 Å². The predicted molar refractivity (Wildman–Crippen MR) is 62.0 cm³/mol. The molecule has 0 aromatic rings. The lowest BCUT2D eigenvalue weighted by Gasteiger charge is -2.38. The van der Waals surface area contributed by atoms with Crippen LogP contribution in [0.2, 0.25) is 0 Å². The van der Waals surface area contributed by atoms with Crippen LogP contribution in [0.1, 0.15) is 32.6 Å². The second-order valence-electron chi connectivity index (χ2n) is 4.46. The highest BCUT2D eigenvalue weighted by Gasteiger charge is 2.45. The number of halogens is 1. The van der Waals surface area contributed by atoms with Crippen LogP contribution in [-0.2, 0) is 19.1 Å². The van der Waals surface area contributed by atoms with Crippen LogP contribution in [0.5, 0.6) is 0 Å². The fraction of sp³-hybridized carbons (Fsp3) is 0.900. The second-order valence-corrected chi connectivity index (χ2v) is 6.44. The van der Waals surface area contributed by atoms with Gasteiger partial charge in [0, 0.05) is 12.3 Å². The maximum Gasteiger partial charge on any atom is 0.264 e. The van der Waals surface area contributed by atoms with Crippen molar-refractivity contribution >= 4 is 27.5 Å². The van der Waals surface area contributed by atoms with Gasteiger partial charge in [0.25, 0.3) is 10.1 Å². The van der Waals surface area contributed by atoms with Crippen molar-refractivity contribution in [1.82, 2.24) is 0 Å². The number of carbonyl (C=O) groups excluding carboxylic acids is 1. The Labute approximate surface area is 101 Å². The lowest BCUT2D eigenvalue weighted by Crippen LogP contribution is -2.45. The number of rotatable bonds is 4. The van der Waals surface area contributed by atoms with Crippen molar-refractivity contribution in [3.63, 3.8) is 0 Å². The van der Waals surface area contributed by atoms with Gasteiger partial charge >= 0.3 is 0 Å². The van der Waals surface area contributed by atoms with E-state index in [1.54, 1.807) is 6.92 Å². The molecule has 1 aliphatic carbocycles. The van der Waals surface area contributed by atoms with E-state index in [9.17, 15) is 13.2 Å². The number of hydrogen-bond donors (Lipinski definition) is 0. The molecule has 4 nitrogen and oxygen atoms in total. The first-order valence-electron chi connectivity index (χ1n) is 5.27. The smallest absolute Gasteiger partial charge is 0.264 e. The molecule has 6 heteroatoms. The molecular weight excluding hydrogens is 252 g/mol. The van der Waals surface area contributed by atoms with Gasteiger partial charge in [0.2, 0.25) is 0 Å². The van der Waals surface area contributed by atoms with E-state index in [0.29, 0.717) is 31.6 Å². The quantitative estimate of drug-likeness (QED) is 0.575. The number of carbonyl (C=O) groups is 1. The van der Waals surface area contributed by atoms with Crippen molar-refractivity contribution in [2.24, 2.45) is 5.41 Å². The van der Waals surface area contributed by atoms with Gasteiger partial charge in [0.15, 0.2) is 0 Å². The zero-order valence-electron chi connectivity index (χ0n) is 9.53. The molecule has 2 atom stereocenters. The van der Waals surface area contributed by atoms with Crippen LogP contribution in [0.15, 0.2) is 0 Å². The summed E-state index contributed by atoms with van der Waals surface area (Å²) in [6.07, 6.45) is 2.64. The first kappa shape index (κ1) is 13.9. The summed E-state index contributed by atoms with van der Waals surface area (Å²) in [4.78, 5) is 11.9. The lowest BCUT2D eigenvalue weighted by atomic mass is 9.70. The Balaban J connectivity index is 2.91. The van der Waals surface area contributed by atoms with Crippen molar-refractivity contribution in [3.8, 4) is 0 Å². The summed E-state index contributed by atoms with van der Waals surface area (Å²) in [6.45, 7) is 1.74. The van der Waals surface area contributed by atoms with Gasteiger partial charge < -0.3 is 0 Å². The normalized spacial score (nSPS) is 31.7. The molecule has 0 bridgehead atoms. The van der Waals surface area contributed by atoms with Crippen molar-refractivity contribution in [2.45, 2.75) is 38.7 Å². The molecule has 1 rings (SSSR count). The number of alkyl halides is 1. The van der Waals surface area contributed by atoms with Gasteiger partial charge in [-0.15, -0.1) is 11.6 Å². The summed E-state index contributed by atoms with van der Waals surface area (Å²) in [5.41, 5.74) is -0.761. The molecule has 0 heterocycles. The standard InChI is InChI=1S/C10H17ClO4S/c1-10(6-7-11)8(12)4-3-5-9(10)15-16(2,13)14/h9H,3-7H2,1-2H3/t9-,10+/m0/s1. The summed E-state index contributed by atoms with van der Waals surface area (Å²) in [5, 5.41) is 0. The van der Waals surface area contributed by atoms with Crippen LogP contribution in [0, 0.1) is 5.41 Å². The average Bonchev–Trinajstić information content (AvgIpc) is 2.12.